The zero-order chi connectivity index (χ0) is 15.8. The van der Waals surface area contributed by atoms with Gasteiger partial charge in [0.25, 0.3) is 0 Å². The van der Waals surface area contributed by atoms with Crippen molar-refractivity contribution in [2.24, 2.45) is 4.99 Å². The minimum atomic E-state index is 0. The van der Waals surface area contributed by atoms with Crippen LogP contribution in [0.25, 0.3) is 0 Å². The van der Waals surface area contributed by atoms with E-state index in [9.17, 15) is 0 Å². The van der Waals surface area contributed by atoms with E-state index in [4.69, 9.17) is 0 Å². The molecule has 23 heavy (non-hydrogen) atoms. The van der Waals surface area contributed by atoms with Gasteiger partial charge in [0.1, 0.15) is 0 Å². The summed E-state index contributed by atoms with van der Waals surface area (Å²) in [6, 6.07) is 1.39. The van der Waals surface area contributed by atoms with Crippen molar-refractivity contribution in [2.45, 2.75) is 68.7 Å². The quantitative estimate of drug-likeness (QED) is 0.367. The normalized spacial score (nSPS) is 26.2. The summed E-state index contributed by atoms with van der Waals surface area (Å²) in [5, 5.41) is 7.93. The topological polar surface area (TPSA) is 39.7 Å². The number of aliphatic imine (C=N–C) groups is 1. The fourth-order valence-electron chi connectivity index (χ4n) is 3.76. The largest absolute Gasteiger partial charge is 0.355 e. The molecule has 2 N–H and O–H groups in total. The number of hydrogen-bond acceptors (Lipinski definition) is 3. The van der Waals surface area contributed by atoms with Crippen molar-refractivity contribution in [3.63, 3.8) is 0 Å². The zero-order valence-electron chi connectivity index (χ0n) is 15.0. The van der Waals surface area contributed by atoms with Gasteiger partial charge in [0.05, 0.1) is 0 Å². The number of halogens is 1. The fraction of sp³-hybridized carbons (Fsp3) is 0.941. The summed E-state index contributed by atoms with van der Waals surface area (Å²) in [7, 11) is 4.14. The van der Waals surface area contributed by atoms with E-state index in [1.54, 1.807) is 0 Å². The standard InChI is InChI=1S/C17H34N4S.HI/c1-18-17(20-14-7-6-10-16(13-14)22-3)19-11-12-21(2)15-8-4-5-9-15;/h14-16H,4-13H2,1-3H3,(H2,18,19,20);1H. The highest BCUT2D eigenvalue weighted by molar-refractivity contribution is 14.0. The number of nitrogens with one attached hydrogen (secondary N) is 2. The van der Waals surface area contributed by atoms with Crippen molar-refractivity contribution in [1.29, 1.82) is 0 Å². The van der Waals surface area contributed by atoms with Crippen molar-refractivity contribution in [1.82, 2.24) is 15.5 Å². The molecule has 0 bridgehead atoms. The first kappa shape index (κ1) is 21.4. The maximum Gasteiger partial charge on any atom is 0.191 e. The maximum absolute atomic E-state index is 4.40. The van der Waals surface area contributed by atoms with Gasteiger partial charge >= 0.3 is 0 Å². The molecular formula is C17H35IN4S. The molecule has 0 radical (unpaired) electrons. The van der Waals surface area contributed by atoms with Crippen molar-refractivity contribution < 1.29 is 0 Å². The van der Waals surface area contributed by atoms with Crippen LogP contribution in [0.15, 0.2) is 4.99 Å². The maximum atomic E-state index is 4.40. The number of thioether (sulfide) groups is 1. The lowest BCUT2D eigenvalue weighted by Gasteiger charge is -2.30. The van der Waals surface area contributed by atoms with Crippen LogP contribution in [0.4, 0.5) is 0 Å². The second kappa shape index (κ2) is 11.8. The number of hydrogen-bond donors (Lipinski definition) is 2. The number of likely N-dealkylation sites (N-methyl/N-ethyl adjacent to an activating group) is 1. The van der Waals surface area contributed by atoms with Crippen LogP contribution in [0, 0.1) is 0 Å². The van der Waals surface area contributed by atoms with Gasteiger partial charge in [0.15, 0.2) is 5.96 Å². The van der Waals surface area contributed by atoms with Crippen molar-refractivity contribution in [3.05, 3.63) is 0 Å². The third-order valence-corrected chi connectivity index (χ3v) is 6.32. The van der Waals surface area contributed by atoms with E-state index >= 15 is 0 Å². The molecule has 0 aromatic rings. The minimum absolute atomic E-state index is 0. The molecule has 0 amide bonds. The molecule has 0 heterocycles. The van der Waals surface area contributed by atoms with Crippen molar-refractivity contribution >= 4 is 41.7 Å². The first-order valence-corrected chi connectivity index (χ1v) is 10.2. The van der Waals surface area contributed by atoms with E-state index in [2.05, 4.69) is 33.8 Å². The van der Waals surface area contributed by atoms with Gasteiger partial charge in [-0.2, -0.15) is 11.8 Å². The Balaban J connectivity index is 0.00000264. The second-order valence-corrected chi connectivity index (χ2v) is 7.92. The molecule has 6 heteroatoms. The Hall–Kier alpha value is 0.310. The lowest BCUT2D eigenvalue weighted by molar-refractivity contribution is 0.249. The number of rotatable bonds is 6. The Morgan fingerprint density at radius 3 is 2.57 bits per heavy atom. The first-order valence-electron chi connectivity index (χ1n) is 8.93. The van der Waals surface area contributed by atoms with E-state index in [0.717, 1.165) is 30.3 Å². The van der Waals surface area contributed by atoms with Gasteiger partial charge in [-0.25, -0.2) is 0 Å². The van der Waals surface area contributed by atoms with Crippen LogP contribution in [0.3, 0.4) is 0 Å². The van der Waals surface area contributed by atoms with Crippen LogP contribution in [-0.4, -0.2) is 61.6 Å². The van der Waals surface area contributed by atoms with Crippen LogP contribution < -0.4 is 10.6 Å². The highest BCUT2D eigenvalue weighted by atomic mass is 127. The highest BCUT2D eigenvalue weighted by Gasteiger charge is 2.22. The molecule has 0 saturated heterocycles. The van der Waals surface area contributed by atoms with Gasteiger partial charge in [-0.1, -0.05) is 19.3 Å². The van der Waals surface area contributed by atoms with Gasteiger partial charge in [-0.05, 0) is 45.4 Å². The summed E-state index contributed by atoms with van der Waals surface area (Å²) >= 11 is 2.01. The predicted octanol–water partition coefficient (Wildman–Crippen LogP) is 3.32. The van der Waals surface area contributed by atoms with Gasteiger partial charge < -0.3 is 15.5 Å². The molecule has 2 atom stereocenters. The molecule has 4 nitrogen and oxygen atoms in total. The third kappa shape index (κ3) is 7.38. The number of nitrogens with zero attached hydrogens (tertiary/aromatic N) is 2. The molecule has 136 valence electrons. The molecule has 0 spiro atoms. The van der Waals surface area contributed by atoms with E-state index in [1.807, 2.05) is 18.8 Å². The molecule has 2 fully saturated rings. The Kier molecular flexibility index (Phi) is 10.9. The van der Waals surface area contributed by atoms with Crippen LogP contribution >= 0.6 is 35.7 Å². The highest BCUT2D eigenvalue weighted by Crippen LogP contribution is 2.26. The smallest absolute Gasteiger partial charge is 0.191 e. The molecule has 0 aromatic heterocycles. The third-order valence-electron chi connectivity index (χ3n) is 5.23. The lowest BCUT2D eigenvalue weighted by atomic mass is 9.95. The Bertz CT molecular complexity index is 347. The molecule has 0 aromatic carbocycles. The summed E-state index contributed by atoms with van der Waals surface area (Å²) in [6.07, 6.45) is 13.1. The van der Waals surface area contributed by atoms with Crippen LogP contribution in [0.5, 0.6) is 0 Å². The molecule has 2 rings (SSSR count). The summed E-state index contributed by atoms with van der Waals surface area (Å²) in [4.78, 5) is 6.91. The van der Waals surface area contributed by atoms with Gasteiger partial charge in [-0.15, -0.1) is 24.0 Å². The molecule has 0 aliphatic heterocycles. The Labute approximate surface area is 164 Å². The number of guanidine groups is 1. The summed E-state index contributed by atoms with van der Waals surface area (Å²) in [5.74, 6) is 0.978. The Morgan fingerprint density at radius 1 is 1.17 bits per heavy atom. The van der Waals surface area contributed by atoms with Crippen molar-refractivity contribution in [3.8, 4) is 0 Å². The van der Waals surface area contributed by atoms with E-state index in [0.29, 0.717) is 6.04 Å². The fourth-order valence-corrected chi connectivity index (χ4v) is 4.58. The molecule has 2 aliphatic carbocycles. The predicted molar refractivity (Wildman–Crippen MR) is 114 cm³/mol. The summed E-state index contributed by atoms with van der Waals surface area (Å²) < 4.78 is 0. The average Bonchev–Trinajstić information content (AvgIpc) is 3.08. The average molecular weight is 454 g/mol. The van der Waals surface area contributed by atoms with Crippen LogP contribution in [0.1, 0.15) is 51.4 Å². The first-order chi connectivity index (χ1) is 10.7. The van der Waals surface area contributed by atoms with Gasteiger partial charge in [-0.3, -0.25) is 4.99 Å². The van der Waals surface area contributed by atoms with Crippen molar-refractivity contribution in [2.75, 3.05) is 33.4 Å². The van der Waals surface area contributed by atoms with E-state index in [1.165, 1.54) is 51.4 Å². The minimum Gasteiger partial charge on any atom is -0.355 e. The van der Waals surface area contributed by atoms with Gasteiger partial charge in [0.2, 0.25) is 0 Å². The monoisotopic (exact) mass is 454 g/mol. The van der Waals surface area contributed by atoms with Crippen LogP contribution in [-0.2, 0) is 0 Å². The molecular weight excluding hydrogens is 419 g/mol. The zero-order valence-corrected chi connectivity index (χ0v) is 18.2. The molecule has 2 aliphatic rings. The second-order valence-electron chi connectivity index (χ2n) is 6.78. The molecule has 2 saturated carbocycles. The SMILES string of the molecule is CN=C(NCCN(C)C1CCCC1)NC1CCCC(SC)C1.I. The molecule has 2 unspecified atom stereocenters. The summed E-state index contributed by atoms with van der Waals surface area (Å²) in [5.41, 5.74) is 0. The lowest BCUT2D eigenvalue weighted by Crippen LogP contribution is -2.47. The van der Waals surface area contributed by atoms with E-state index in [-0.39, 0.29) is 24.0 Å². The van der Waals surface area contributed by atoms with E-state index < -0.39 is 0 Å². The summed E-state index contributed by atoms with van der Waals surface area (Å²) in [6.45, 7) is 2.08. The van der Waals surface area contributed by atoms with Crippen LogP contribution in [0.2, 0.25) is 0 Å². The van der Waals surface area contributed by atoms with Gasteiger partial charge in [0, 0.05) is 37.5 Å². The Morgan fingerprint density at radius 2 is 1.91 bits per heavy atom.